The highest BCUT2D eigenvalue weighted by Gasteiger charge is 1.88. The Morgan fingerprint density at radius 2 is 0.615 bits per heavy atom. The minimum atomic E-state index is 0.744. The average Bonchev–Trinajstić information content (AvgIpc) is 2.66. The number of hydrogen-bond donors (Lipinski definition) is 0. The maximum atomic E-state index is 9.89. The smallest absolute Gasteiger partial charge is 0.119 e. The van der Waals surface area contributed by atoms with Gasteiger partial charge in [0.2, 0.25) is 0 Å². The van der Waals surface area contributed by atoms with Crippen LogP contribution in [0.5, 0.6) is 0 Å². The SMILES string of the molecule is CCCCCC=O.CCCCCCCC=O.CCCCCCCCC=O. The van der Waals surface area contributed by atoms with Crippen molar-refractivity contribution in [2.45, 2.75) is 130 Å². The second kappa shape index (κ2) is 35.2. The molecule has 0 aromatic carbocycles. The fourth-order valence-electron chi connectivity index (χ4n) is 2.32. The Morgan fingerprint density at radius 3 is 0.923 bits per heavy atom. The molecule has 156 valence electrons. The van der Waals surface area contributed by atoms with Crippen LogP contribution in [0.15, 0.2) is 0 Å². The van der Waals surface area contributed by atoms with Gasteiger partial charge in [0, 0.05) is 19.3 Å². The first-order chi connectivity index (χ1) is 12.7. The Bertz CT molecular complexity index is 252. The predicted molar refractivity (Wildman–Crippen MR) is 114 cm³/mol. The highest BCUT2D eigenvalue weighted by molar-refractivity contribution is 5.49. The Kier molecular flexibility index (Phi) is 40.3. The molecule has 0 atom stereocenters. The topological polar surface area (TPSA) is 51.2 Å². The summed E-state index contributed by atoms with van der Waals surface area (Å²) in [6, 6.07) is 0. The number of aldehydes is 3. The zero-order valence-electron chi connectivity index (χ0n) is 18.0. The molecular weight excluding hydrogens is 324 g/mol. The highest BCUT2D eigenvalue weighted by Crippen LogP contribution is 2.05. The molecule has 0 aliphatic carbocycles. The number of carbonyl (C=O) groups is 3. The molecule has 0 aromatic heterocycles. The molecule has 0 saturated heterocycles. The van der Waals surface area contributed by atoms with E-state index < -0.39 is 0 Å². The Labute approximate surface area is 163 Å². The maximum absolute atomic E-state index is 9.89. The Morgan fingerprint density at radius 1 is 0.385 bits per heavy atom. The summed E-state index contributed by atoms with van der Waals surface area (Å²) in [6.45, 7) is 6.54. The molecule has 0 radical (unpaired) electrons. The van der Waals surface area contributed by atoms with Crippen LogP contribution in [-0.4, -0.2) is 18.9 Å². The lowest BCUT2D eigenvalue weighted by Crippen LogP contribution is -1.79. The lowest BCUT2D eigenvalue weighted by Gasteiger charge is -1.95. The van der Waals surface area contributed by atoms with E-state index in [9.17, 15) is 14.4 Å². The lowest BCUT2D eigenvalue weighted by atomic mass is 10.1. The molecule has 0 aromatic rings. The number of rotatable bonds is 17. The van der Waals surface area contributed by atoms with E-state index in [1.807, 2.05) is 0 Å². The molecule has 0 saturated carbocycles. The molecule has 3 nitrogen and oxygen atoms in total. The lowest BCUT2D eigenvalue weighted by molar-refractivity contribution is -0.108. The van der Waals surface area contributed by atoms with Crippen molar-refractivity contribution in [3.63, 3.8) is 0 Å². The second-order valence-electron chi connectivity index (χ2n) is 6.76. The van der Waals surface area contributed by atoms with Gasteiger partial charge in [0.15, 0.2) is 0 Å². The molecular formula is C23H46O3. The van der Waals surface area contributed by atoms with Gasteiger partial charge in [0.25, 0.3) is 0 Å². The molecule has 26 heavy (non-hydrogen) atoms. The van der Waals surface area contributed by atoms with Crippen molar-refractivity contribution >= 4 is 18.9 Å². The number of hydrogen-bond acceptors (Lipinski definition) is 3. The summed E-state index contributed by atoms with van der Waals surface area (Å²) in [4.78, 5) is 29.4. The van der Waals surface area contributed by atoms with Crippen molar-refractivity contribution in [3.05, 3.63) is 0 Å². The molecule has 0 rings (SSSR count). The molecule has 0 spiro atoms. The van der Waals surface area contributed by atoms with Crippen molar-refractivity contribution in [2.75, 3.05) is 0 Å². The first-order valence-corrected chi connectivity index (χ1v) is 11.1. The third-order valence-corrected chi connectivity index (χ3v) is 4.03. The largest absolute Gasteiger partial charge is 0.303 e. The minimum Gasteiger partial charge on any atom is -0.303 e. The summed E-state index contributed by atoms with van der Waals surface area (Å²) in [5, 5.41) is 0. The van der Waals surface area contributed by atoms with Crippen molar-refractivity contribution in [1.29, 1.82) is 0 Å². The van der Waals surface area contributed by atoms with E-state index in [0.29, 0.717) is 0 Å². The van der Waals surface area contributed by atoms with E-state index >= 15 is 0 Å². The van der Waals surface area contributed by atoms with Gasteiger partial charge in [0.1, 0.15) is 18.9 Å². The highest BCUT2D eigenvalue weighted by atomic mass is 16.1. The Balaban J connectivity index is -0.000000310. The first-order valence-electron chi connectivity index (χ1n) is 11.1. The fourth-order valence-corrected chi connectivity index (χ4v) is 2.32. The first kappa shape index (κ1) is 29.8. The molecule has 0 aliphatic heterocycles. The van der Waals surface area contributed by atoms with Crippen LogP contribution in [0.3, 0.4) is 0 Å². The summed E-state index contributed by atoms with van der Waals surface area (Å²) in [5.41, 5.74) is 0. The zero-order chi connectivity index (χ0) is 20.1. The normalized spacial score (nSPS) is 9.35. The molecule has 0 aliphatic rings. The van der Waals surface area contributed by atoms with Gasteiger partial charge in [-0.1, -0.05) is 91.4 Å². The Hall–Kier alpha value is -0.990. The van der Waals surface area contributed by atoms with Crippen LogP contribution in [0.4, 0.5) is 0 Å². The number of unbranched alkanes of at least 4 members (excludes halogenated alkanes) is 14. The molecule has 0 fully saturated rings. The van der Waals surface area contributed by atoms with Gasteiger partial charge in [-0.05, 0) is 19.3 Å². The zero-order valence-corrected chi connectivity index (χ0v) is 18.0. The van der Waals surface area contributed by atoms with Gasteiger partial charge in [-0.2, -0.15) is 0 Å². The monoisotopic (exact) mass is 370 g/mol. The van der Waals surface area contributed by atoms with Crippen molar-refractivity contribution in [2.24, 2.45) is 0 Å². The average molecular weight is 371 g/mol. The van der Waals surface area contributed by atoms with E-state index in [0.717, 1.165) is 57.4 Å². The van der Waals surface area contributed by atoms with Crippen LogP contribution >= 0.6 is 0 Å². The van der Waals surface area contributed by atoms with Gasteiger partial charge in [-0.15, -0.1) is 0 Å². The fraction of sp³-hybridized carbons (Fsp3) is 0.870. The van der Waals surface area contributed by atoms with Gasteiger partial charge in [-0.3, -0.25) is 0 Å². The van der Waals surface area contributed by atoms with Gasteiger partial charge < -0.3 is 14.4 Å². The quantitative estimate of drug-likeness (QED) is 0.200. The standard InChI is InChI=1S/C9H18O.C8H16O.C6H12O/c1-2-3-4-5-6-7-8-9-10;1-2-3-4-5-6-7-8-9;1-2-3-4-5-6-7/h9H,2-8H2,1H3;8H,2-7H2,1H3;6H,2-5H2,1H3. The van der Waals surface area contributed by atoms with Crippen LogP contribution < -0.4 is 0 Å². The third kappa shape index (κ3) is 43.5. The summed E-state index contributed by atoms with van der Waals surface area (Å²) >= 11 is 0. The van der Waals surface area contributed by atoms with Crippen LogP contribution in [0.1, 0.15) is 130 Å². The minimum absolute atomic E-state index is 0.744. The van der Waals surface area contributed by atoms with Crippen molar-refractivity contribution < 1.29 is 14.4 Å². The maximum Gasteiger partial charge on any atom is 0.119 e. The van der Waals surface area contributed by atoms with Gasteiger partial charge in [0.05, 0.1) is 0 Å². The van der Waals surface area contributed by atoms with Crippen LogP contribution in [0, 0.1) is 0 Å². The van der Waals surface area contributed by atoms with Crippen LogP contribution in [0.25, 0.3) is 0 Å². The summed E-state index contributed by atoms with van der Waals surface area (Å²) in [6.07, 6.45) is 22.6. The van der Waals surface area contributed by atoms with E-state index in [-0.39, 0.29) is 0 Å². The molecule has 0 heterocycles. The van der Waals surface area contributed by atoms with E-state index in [2.05, 4.69) is 20.8 Å². The van der Waals surface area contributed by atoms with Gasteiger partial charge >= 0.3 is 0 Å². The van der Waals surface area contributed by atoms with Crippen molar-refractivity contribution in [1.82, 2.24) is 0 Å². The van der Waals surface area contributed by atoms with Gasteiger partial charge in [-0.25, -0.2) is 0 Å². The van der Waals surface area contributed by atoms with Crippen LogP contribution in [0.2, 0.25) is 0 Å². The summed E-state index contributed by atoms with van der Waals surface area (Å²) in [5.74, 6) is 0. The summed E-state index contributed by atoms with van der Waals surface area (Å²) < 4.78 is 0. The predicted octanol–water partition coefficient (Wildman–Crippen LogP) is 7.25. The molecule has 0 unspecified atom stereocenters. The summed E-state index contributed by atoms with van der Waals surface area (Å²) in [7, 11) is 0. The van der Waals surface area contributed by atoms with E-state index in [1.165, 1.54) is 70.6 Å². The third-order valence-electron chi connectivity index (χ3n) is 4.03. The second-order valence-corrected chi connectivity index (χ2v) is 6.76. The molecule has 0 amide bonds. The van der Waals surface area contributed by atoms with Crippen LogP contribution in [-0.2, 0) is 14.4 Å². The van der Waals surface area contributed by atoms with Crippen molar-refractivity contribution in [3.8, 4) is 0 Å². The molecule has 0 bridgehead atoms. The molecule has 0 N–H and O–H groups in total. The number of carbonyl (C=O) groups excluding carboxylic acids is 3. The van der Waals surface area contributed by atoms with E-state index in [4.69, 9.17) is 0 Å². The molecule has 3 heteroatoms. The van der Waals surface area contributed by atoms with E-state index in [1.54, 1.807) is 0 Å².